The number of carbonyl (C=O) groups excluding carboxylic acids is 2. The second kappa shape index (κ2) is 10.6. The molecule has 0 fully saturated rings. The Balaban J connectivity index is 2.01. The third kappa shape index (κ3) is 6.92. The number of nitrogens with one attached hydrogen (secondary N) is 2. The Morgan fingerprint density at radius 3 is 2.31 bits per heavy atom. The van der Waals surface area contributed by atoms with Crippen LogP contribution < -0.4 is 19.7 Å². The van der Waals surface area contributed by atoms with E-state index in [0.29, 0.717) is 13.8 Å². The van der Waals surface area contributed by atoms with E-state index in [1.165, 1.54) is 37.3 Å². The summed E-state index contributed by atoms with van der Waals surface area (Å²) in [5.41, 5.74) is -3.00. The molecule has 0 bridgehead atoms. The lowest BCUT2D eigenvalue weighted by Crippen LogP contribution is -2.48. The van der Waals surface area contributed by atoms with Crippen LogP contribution in [0.4, 0.5) is 29.3 Å². The van der Waals surface area contributed by atoms with E-state index in [1.807, 2.05) is 0 Å². The number of rotatable bonds is 7. The minimum Gasteiger partial charge on any atom is -0.484 e. The van der Waals surface area contributed by atoms with Gasteiger partial charge in [0.25, 0.3) is 10.0 Å². The molecule has 2 aromatic carbocycles. The van der Waals surface area contributed by atoms with Gasteiger partial charge in [-0.1, -0.05) is 6.07 Å². The number of sulfone groups is 1. The first-order chi connectivity index (χ1) is 17.8. The normalized spacial score (nSPS) is 16.1. The maximum atomic E-state index is 13.7. The highest BCUT2D eigenvalue weighted by Crippen LogP contribution is 2.39. The second-order valence-electron chi connectivity index (χ2n) is 9.17. The molecule has 0 saturated heterocycles. The van der Waals surface area contributed by atoms with Crippen molar-refractivity contribution in [2.45, 2.75) is 48.4 Å². The van der Waals surface area contributed by atoms with Gasteiger partial charge >= 0.3 is 12.3 Å². The number of ether oxygens (including phenoxy) is 2. The van der Waals surface area contributed by atoms with Crippen molar-refractivity contribution in [3.05, 3.63) is 42.5 Å². The molecule has 0 spiro atoms. The van der Waals surface area contributed by atoms with Crippen molar-refractivity contribution in [3.8, 4) is 5.75 Å². The monoisotopic (exact) mass is 593 g/mol. The summed E-state index contributed by atoms with van der Waals surface area (Å²) >= 11 is 0. The molecule has 16 heteroatoms. The highest BCUT2D eigenvalue weighted by Gasteiger charge is 2.51. The Morgan fingerprint density at radius 1 is 1.08 bits per heavy atom. The zero-order valence-electron chi connectivity index (χ0n) is 21.2. The van der Waals surface area contributed by atoms with Gasteiger partial charge < -0.3 is 14.8 Å². The van der Waals surface area contributed by atoms with Gasteiger partial charge in [0.15, 0.2) is 9.84 Å². The van der Waals surface area contributed by atoms with Gasteiger partial charge in [-0.25, -0.2) is 21.6 Å². The molecule has 0 aromatic heterocycles. The summed E-state index contributed by atoms with van der Waals surface area (Å²) in [5.74, 6) is -0.367. The molecule has 2 amide bonds. The first-order valence-electron chi connectivity index (χ1n) is 11.3. The lowest BCUT2D eigenvalue weighted by atomic mass is 10.1. The van der Waals surface area contributed by atoms with E-state index in [9.17, 15) is 39.6 Å². The van der Waals surface area contributed by atoms with Gasteiger partial charge in [-0.05, 0) is 50.2 Å². The summed E-state index contributed by atoms with van der Waals surface area (Å²) in [6, 6.07) is 8.38. The minimum atomic E-state index is -4.84. The number of sulfonamides is 1. The van der Waals surface area contributed by atoms with Crippen LogP contribution in [-0.2, 0) is 29.4 Å². The maximum absolute atomic E-state index is 13.7. The number of halogens is 3. The predicted molar refractivity (Wildman–Crippen MR) is 134 cm³/mol. The fourth-order valence-electron chi connectivity index (χ4n) is 3.41. The number of amides is 2. The molecule has 0 radical (unpaired) electrons. The van der Waals surface area contributed by atoms with Gasteiger partial charge in [0.1, 0.15) is 11.9 Å². The SMILES string of the molecule is CC(=O)NCC1CN(S(=O)(=O)c2cccc(S(C)(=O)=O)c2)c2cc(NC(=O)OC(C)(C)C(F)(F)F)ccc2O1. The largest absolute Gasteiger partial charge is 0.484 e. The van der Waals surface area contributed by atoms with Crippen LogP contribution in [0.3, 0.4) is 0 Å². The van der Waals surface area contributed by atoms with Crippen LogP contribution in [0.25, 0.3) is 0 Å². The summed E-state index contributed by atoms with van der Waals surface area (Å²) in [4.78, 5) is 23.0. The maximum Gasteiger partial charge on any atom is 0.427 e. The van der Waals surface area contributed by atoms with Gasteiger partial charge in [-0.15, -0.1) is 0 Å². The van der Waals surface area contributed by atoms with Crippen LogP contribution in [-0.4, -0.2) is 66.1 Å². The van der Waals surface area contributed by atoms with Gasteiger partial charge in [0.2, 0.25) is 11.5 Å². The molecule has 2 aromatic rings. The first-order valence-corrected chi connectivity index (χ1v) is 14.6. The molecule has 1 aliphatic rings. The van der Waals surface area contributed by atoms with Crippen LogP contribution in [0.2, 0.25) is 0 Å². The zero-order chi connectivity index (χ0) is 29.4. The summed E-state index contributed by atoms with van der Waals surface area (Å²) in [6.07, 6.45) is -6.22. The quantitative estimate of drug-likeness (QED) is 0.498. The van der Waals surface area contributed by atoms with Crippen molar-refractivity contribution in [1.29, 1.82) is 0 Å². The van der Waals surface area contributed by atoms with Crippen LogP contribution in [0, 0.1) is 0 Å². The van der Waals surface area contributed by atoms with E-state index in [0.717, 1.165) is 22.7 Å². The Morgan fingerprint density at radius 2 is 1.72 bits per heavy atom. The number of anilines is 2. The van der Waals surface area contributed by atoms with E-state index >= 15 is 0 Å². The lowest BCUT2D eigenvalue weighted by Gasteiger charge is -2.36. The molecule has 1 unspecified atom stereocenters. The summed E-state index contributed by atoms with van der Waals surface area (Å²) in [5, 5.41) is 4.67. The number of fused-ring (bicyclic) bond motifs is 1. The average Bonchev–Trinajstić information content (AvgIpc) is 2.80. The van der Waals surface area contributed by atoms with Crippen molar-refractivity contribution >= 4 is 43.2 Å². The molecule has 11 nitrogen and oxygen atoms in total. The molecule has 1 aliphatic heterocycles. The topological polar surface area (TPSA) is 148 Å². The molecule has 2 N–H and O–H groups in total. The van der Waals surface area contributed by atoms with Crippen LogP contribution in [0.15, 0.2) is 52.3 Å². The number of benzene rings is 2. The Bertz CT molecular complexity index is 1490. The third-order valence-electron chi connectivity index (χ3n) is 5.57. The highest BCUT2D eigenvalue weighted by atomic mass is 32.2. The lowest BCUT2D eigenvalue weighted by molar-refractivity contribution is -0.242. The smallest absolute Gasteiger partial charge is 0.427 e. The van der Waals surface area contributed by atoms with Crippen LogP contribution >= 0.6 is 0 Å². The van der Waals surface area contributed by atoms with E-state index in [-0.39, 0.29) is 45.9 Å². The van der Waals surface area contributed by atoms with Crippen molar-refractivity contribution in [1.82, 2.24) is 5.32 Å². The van der Waals surface area contributed by atoms with Crippen LogP contribution in [0.1, 0.15) is 20.8 Å². The van der Waals surface area contributed by atoms with Crippen molar-refractivity contribution in [2.75, 3.05) is 29.0 Å². The molecular formula is C23H26F3N3O8S2. The van der Waals surface area contributed by atoms with Gasteiger partial charge in [-0.3, -0.25) is 14.4 Å². The Labute approximate surface area is 223 Å². The van der Waals surface area contributed by atoms with Crippen LogP contribution in [0.5, 0.6) is 5.75 Å². The Kier molecular flexibility index (Phi) is 8.13. The third-order valence-corrected chi connectivity index (χ3v) is 8.45. The molecule has 0 aliphatic carbocycles. The van der Waals surface area contributed by atoms with Crippen molar-refractivity contribution in [2.24, 2.45) is 0 Å². The first kappa shape index (κ1) is 30.0. The van der Waals surface area contributed by atoms with Gasteiger partial charge in [0.05, 0.1) is 28.6 Å². The van der Waals surface area contributed by atoms with E-state index in [4.69, 9.17) is 4.74 Å². The minimum absolute atomic E-state index is 0.0222. The number of carbonyl (C=O) groups is 2. The van der Waals surface area contributed by atoms with E-state index in [2.05, 4.69) is 15.4 Å². The van der Waals surface area contributed by atoms with Gasteiger partial charge in [-0.2, -0.15) is 13.2 Å². The molecular weight excluding hydrogens is 567 g/mol. The van der Waals surface area contributed by atoms with E-state index in [1.54, 1.807) is 0 Å². The molecule has 1 atom stereocenters. The predicted octanol–water partition coefficient (Wildman–Crippen LogP) is 3.07. The molecule has 1 heterocycles. The molecule has 3 rings (SSSR count). The molecule has 0 saturated carbocycles. The molecule has 214 valence electrons. The summed E-state index contributed by atoms with van der Waals surface area (Å²) in [6.45, 7) is 2.21. The number of hydrogen-bond acceptors (Lipinski definition) is 8. The number of nitrogens with zero attached hydrogens (tertiary/aromatic N) is 1. The fraction of sp³-hybridized carbons (Fsp3) is 0.391. The fourth-order valence-corrected chi connectivity index (χ4v) is 5.69. The number of hydrogen-bond donors (Lipinski definition) is 2. The Hall–Kier alpha value is -3.53. The van der Waals surface area contributed by atoms with Crippen molar-refractivity contribution in [3.63, 3.8) is 0 Å². The standard InChI is InChI=1S/C23H26F3N3O8S2/c1-14(30)27-12-16-13-29(39(34,35)18-7-5-6-17(11-18)38(4,32)33)19-10-15(8-9-20(19)36-16)28-21(31)37-22(2,3)23(24,25)26/h5-11,16H,12-13H2,1-4H3,(H,27,30)(H,28,31). The summed E-state index contributed by atoms with van der Waals surface area (Å²) < 4.78 is 102. The highest BCUT2D eigenvalue weighted by molar-refractivity contribution is 7.93. The van der Waals surface area contributed by atoms with E-state index < -0.39 is 43.8 Å². The second-order valence-corrected chi connectivity index (χ2v) is 13.0. The van der Waals surface area contributed by atoms with Crippen molar-refractivity contribution < 1.29 is 49.1 Å². The average molecular weight is 594 g/mol. The number of alkyl halides is 3. The zero-order valence-corrected chi connectivity index (χ0v) is 22.8. The van der Waals surface area contributed by atoms with Gasteiger partial charge in [0, 0.05) is 18.9 Å². The summed E-state index contributed by atoms with van der Waals surface area (Å²) in [7, 11) is -8.19. The molecule has 39 heavy (non-hydrogen) atoms.